The van der Waals surface area contributed by atoms with E-state index in [1.165, 1.54) is 4.90 Å². The third-order valence-electron chi connectivity index (χ3n) is 3.76. The first-order valence-electron chi connectivity index (χ1n) is 8.16. The Hall–Kier alpha value is -2.19. The van der Waals surface area contributed by atoms with E-state index in [9.17, 15) is 14.4 Å². The average Bonchev–Trinajstić information content (AvgIpc) is 2.84. The number of thiocarbonyl (C=S) groups is 1. The summed E-state index contributed by atoms with van der Waals surface area (Å²) in [6, 6.07) is 6.72. The number of hydrogen-bond acceptors (Lipinski definition) is 5. The van der Waals surface area contributed by atoms with E-state index in [0.717, 1.165) is 22.9 Å². The number of nitrogens with zero attached hydrogens (tertiary/aromatic N) is 1. The van der Waals surface area contributed by atoms with Crippen molar-refractivity contribution in [3.05, 3.63) is 40.3 Å². The van der Waals surface area contributed by atoms with Gasteiger partial charge in [0, 0.05) is 0 Å². The van der Waals surface area contributed by atoms with E-state index in [2.05, 4.69) is 5.32 Å². The SMILES string of the molecule is CCC[C@H](NC(=O)CN1C(=O)/C(=C\c2ccc(C)cc2)SC1=S)C(=O)O. The van der Waals surface area contributed by atoms with Crippen LogP contribution in [-0.2, 0) is 14.4 Å². The highest BCUT2D eigenvalue weighted by Gasteiger charge is 2.34. The number of benzene rings is 1. The highest BCUT2D eigenvalue weighted by Crippen LogP contribution is 2.32. The van der Waals surface area contributed by atoms with Crippen LogP contribution in [0.5, 0.6) is 0 Å². The molecule has 0 aromatic heterocycles. The Labute approximate surface area is 161 Å². The number of aliphatic carboxylic acids is 1. The Morgan fingerprint density at radius 2 is 2.00 bits per heavy atom. The van der Waals surface area contributed by atoms with Crippen LogP contribution in [0.1, 0.15) is 30.9 Å². The minimum absolute atomic E-state index is 0.283. The monoisotopic (exact) mass is 392 g/mol. The molecule has 1 heterocycles. The fraction of sp³-hybridized carbons (Fsp3) is 0.333. The predicted octanol–water partition coefficient (Wildman–Crippen LogP) is 2.57. The summed E-state index contributed by atoms with van der Waals surface area (Å²) in [5.41, 5.74) is 1.99. The Morgan fingerprint density at radius 1 is 1.35 bits per heavy atom. The second-order valence-electron chi connectivity index (χ2n) is 5.93. The zero-order valence-electron chi connectivity index (χ0n) is 14.5. The minimum Gasteiger partial charge on any atom is -0.480 e. The molecular weight excluding hydrogens is 372 g/mol. The third-order valence-corrected chi connectivity index (χ3v) is 5.14. The van der Waals surface area contributed by atoms with Gasteiger partial charge in [0.25, 0.3) is 5.91 Å². The second-order valence-corrected chi connectivity index (χ2v) is 7.60. The molecule has 2 N–H and O–H groups in total. The lowest BCUT2D eigenvalue weighted by Crippen LogP contribution is -2.46. The van der Waals surface area contributed by atoms with Gasteiger partial charge in [0.1, 0.15) is 16.9 Å². The summed E-state index contributed by atoms with van der Waals surface area (Å²) in [5, 5.41) is 11.5. The summed E-state index contributed by atoms with van der Waals surface area (Å²) in [6.07, 6.45) is 2.68. The minimum atomic E-state index is -1.09. The molecule has 0 bridgehead atoms. The van der Waals surface area contributed by atoms with Gasteiger partial charge in [-0.25, -0.2) is 4.79 Å². The topological polar surface area (TPSA) is 86.7 Å². The van der Waals surface area contributed by atoms with Gasteiger partial charge in [0.15, 0.2) is 0 Å². The maximum Gasteiger partial charge on any atom is 0.326 e. The predicted molar refractivity (Wildman–Crippen MR) is 106 cm³/mol. The molecule has 138 valence electrons. The van der Waals surface area contributed by atoms with Gasteiger partial charge in [-0.3, -0.25) is 14.5 Å². The Bertz CT molecular complexity index is 759. The van der Waals surface area contributed by atoms with Gasteiger partial charge in [0.05, 0.1) is 4.91 Å². The third kappa shape index (κ3) is 5.15. The van der Waals surface area contributed by atoms with E-state index in [0.29, 0.717) is 17.7 Å². The summed E-state index contributed by atoms with van der Waals surface area (Å²) < 4.78 is 0.283. The Balaban J connectivity index is 2.05. The van der Waals surface area contributed by atoms with E-state index in [4.69, 9.17) is 17.3 Å². The fourth-order valence-corrected chi connectivity index (χ4v) is 3.64. The van der Waals surface area contributed by atoms with Gasteiger partial charge in [-0.2, -0.15) is 0 Å². The largest absolute Gasteiger partial charge is 0.480 e. The summed E-state index contributed by atoms with van der Waals surface area (Å²) in [5.74, 6) is -1.98. The molecule has 26 heavy (non-hydrogen) atoms. The van der Waals surface area contributed by atoms with Gasteiger partial charge in [0.2, 0.25) is 5.91 Å². The Morgan fingerprint density at radius 3 is 2.58 bits per heavy atom. The molecule has 1 fully saturated rings. The number of carbonyl (C=O) groups is 3. The molecule has 0 radical (unpaired) electrons. The van der Waals surface area contributed by atoms with Crippen LogP contribution in [0.3, 0.4) is 0 Å². The van der Waals surface area contributed by atoms with Crippen molar-refractivity contribution in [1.29, 1.82) is 0 Å². The summed E-state index contributed by atoms with van der Waals surface area (Å²) in [7, 11) is 0. The van der Waals surface area contributed by atoms with Gasteiger partial charge < -0.3 is 10.4 Å². The molecule has 1 aromatic rings. The fourth-order valence-electron chi connectivity index (χ4n) is 2.38. The molecule has 1 aromatic carbocycles. The number of aryl methyl sites for hydroxylation is 1. The van der Waals surface area contributed by atoms with E-state index in [-0.39, 0.29) is 16.8 Å². The van der Waals surface area contributed by atoms with Crippen LogP contribution in [0.2, 0.25) is 0 Å². The van der Waals surface area contributed by atoms with E-state index < -0.39 is 17.9 Å². The normalized spacial score (nSPS) is 16.8. The van der Waals surface area contributed by atoms with Crippen LogP contribution < -0.4 is 5.32 Å². The number of nitrogens with one attached hydrogen (secondary N) is 1. The molecule has 2 amide bonds. The van der Waals surface area contributed by atoms with E-state index in [1.54, 1.807) is 6.08 Å². The molecule has 0 spiro atoms. The number of carboxylic acids is 1. The molecule has 8 heteroatoms. The van der Waals surface area contributed by atoms with Crippen LogP contribution in [0.15, 0.2) is 29.2 Å². The number of thioether (sulfide) groups is 1. The highest BCUT2D eigenvalue weighted by atomic mass is 32.2. The van der Waals surface area contributed by atoms with Crippen LogP contribution in [0, 0.1) is 6.92 Å². The smallest absolute Gasteiger partial charge is 0.326 e. The molecule has 0 saturated carbocycles. The summed E-state index contributed by atoms with van der Waals surface area (Å²) in [4.78, 5) is 37.4. The molecule has 2 rings (SSSR count). The van der Waals surface area contributed by atoms with Gasteiger partial charge in [-0.15, -0.1) is 0 Å². The van der Waals surface area contributed by atoms with E-state index >= 15 is 0 Å². The van der Waals surface area contributed by atoms with Crippen molar-refractivity contribution in [1.82, 2.24) is 10.2 Å². The lowest BCUT2D eigenvalue weighted by molar-refractivity contribution is -0.142. The standard InChI is InChI=1S/C18H20N2O4S2/c1-3-4-13(17(23)24)19-15(21)10-20-16(22)14(26-18(20)25)9-12-7-5-11(2)6-8-12/h5-9,13H,3-4,10H2,1-2H3,(H,19,21)(H,23,24)/b14-9+/t13-/m0/s1. The van der Waals surface area contributed by atoms with Crippen LogP contribution in [0.4, 0.5) is 0 Å². The number of carboxylic acid groups (broad SMARTS) is 1. The van der Waals surface area contributed by atoms with Crippen molar-refractivity contribution in [3.63, 3.8) is 0 Å². The van der Waals surface area contributed by atoms with Crippen molar-refractivity contribution in [2.75, 3.05) is 6.54 Å². The molecule has 1 aliphatic heterocycles. The zero-order valence-corrected chi connectivity index (χ0v) is 16.2. The second kappa shape index (κ2) is 8.95. The van der Waals surface area contributed by atoms with Crippen molar-refractivity contribution in [2.24, 2.45) is 0 Å². The van der Waals surface area contributed by atoms with Crippen LogP contribution >= 0.6 is 24.0 Å². The molecular formula is C18H20N2O4S2. The molecule has 0 aliphatic carbocycles. The molecule has 1 saturated heterocycles. The summed E-state index contributed by atoms with van der Waals surface area (Å²) >= 11 is 6.33. The van der Waals surface area contributed by atoms with Crippen LogP contribution in [0.25, 0.3) is 6.08 Å². The molecule has 6 nitrogen and oxygen atoms in total. The van der Waals surface area contributed by atoms with Crippen LogP contribution in [-0.4, -0.2) is 44.7 Å². The van der Waals surface area contributed by atoms with Crippen molar-refractivity contribution in [3.8, 4) is 0 Å². The maximum atomic E-state index is 12.5. The van der Waals surface area contributed by atoms with Gasteiger partial charge in [-0.1, -0.05) is 67.2 Å². The lowest BCUT2D eigenvalue weighted by atomic mass is 10.1. The first-order chi connectivity index (χ1) is 12.3. The first-order valence-corrected chi connectivity index (χ1v) is 9.38. The number of rotatable bonds is 7. The maximum absolute atomic E-state index is 12.5. The highest BCUT2D eigenvalue weighted by molar-refractivity contribution is 8.26. The quantitative estimate of drug-likeness (QED) is 0.548. The summed E-state index contributed by atoms with van der Waals surface area (Å²) in [6.45, 7) is 3.52. The molecule has 1 aliphatic rings. The van der Waals surface area contributed by atoms with Crippen molar-refractivity contribution >= 4 is 52.2 Å². The molecule has 0 unspecified atom stereocenters. The number of carbonyl (C=O) groups excluding carboxylic acids is 2. The first kappa shape index (κ1) is 20.1. The number of amides is 2. The Kier molecular flexibility index (Phi) is 6.93. The lowest BCUT2D eigenvalue weighted by Gasteiger charge is -2.17. The van der Waals surface area contributed by atoms with Crippen molar-refractivity contribution < 1.29 is 19.5 Å². The van der Waals surface area contributed by atoms with Crippen molar-refractivity contribution in [2.45, 2.75) is 32.7 Å². The molecule has 1 atom stereocenters. The van der Waals surface area contributed by atoms with Gasteiger partial charge >= 0.3 is 5.97 Å². The average molecular weight is 393 g/mol. The number of hydrogen-bond donors (Lipinski definition) is 2. The van der Waals surface area contributed by atoms with Gasteiger partial charge in [-0.05, 0) is 25.0 Å². The zero-order chi connectivity index (χ0) is 19.3. The van der Waals surface area contributed by atoms with E-state index in [1.807, 2.05) is 38.1 Å².